The zero-order valence-corrected chi connectivity index (χ0v) is 14.1. The van der Waals surface area contributed by atoms with Gasteiger partial charge >= 0.3 is 6.03 Å². The molecule has 3 rings (SSSR count). The molecular weight excluding hydrogens is 336 g/mol. The first-order valence-electron chi connectivity index (χ1n) is 7.76. The minimum atomic E-state index is -0.802. The van der Waals surface area contributed by atoms with Gasteiger partial charge in [-0.3, -0.25) is 14.9 Å². The van der Waals surface area contributed by atoms with Crippen LogP contribution in [0.15, 0.2) is 48.0 Å². The monoisotopic (exact) mass is 352 g/mol. The van der Waals surface area contributed by atoms with Crippen LogP contribution in [0.1, 0.15) is 11.1 Å². The summed E-state index contributed by atoms with van der Waals surface area (Å²) < 4.78 is 5.02. The topological polar surface area (TPSA) is 95.9 Å². The third-order valence-corrected chi connectivity index (χ3v) is 3.91. The van der Waals surface area contributed by atoms with Crippen molar-refractivity contribution in [3.8, 4) is 11.5 Å². The van der Waals surface area contributed by atoms with E-state index < -0.39 is 17.8 Å². The van der Waals surface area contributed by atoms with E-state index in [2.05, 4.69) is 5.32 Å². The fourth-order valence-electron chi connectivity index (χ4n) is 2.54. The number of carbonyl (C=O) groups is 3. The number of benzene rings is 2. The van der Waals surface area contributed by atoms with Crippen molar-refractivity contribution in [1.82, 2.24) is 5.32 Å². The van der Waals surface area contributed by atoms with Gasteiger partial charge in [-0.15, -0.1) is 0 Å². The number of nitrogens with zero attached hydrogens (tertiary/aromatic N) is 1. The Kier molecular flexibility index (Phi) is 4.45. The Morgan fingerprint density at radius 2 is 1.77 bits per heavy atom. The standard InChI is InChI=1S/C19H16N2O5/c1-11-3-6-13(7-4-11)21-18(24)14(17(23)20-19(21)25)9-12-5-8-15(22)16(10-12)26-2/h3-10,22H,1-2H3,(H,20,23,25). The highest BCUT2D eigenvalue weighted by Gasteiger charge is 2.36. The van der Waals surface area contributed by atoms with Gasteiger partial charge in [-0.1, -0.05) is 23.8 Å². The molecule has 2 N–H and O–H groups in total. The van der Waals surface area contributed by atoms with Crippen LogP contribution < -0.4 is 15.0 Å². The maximum atomic E-state index is 12.8. The zero-order valence-electron chi connectivity index (χ0n) is 14.1. The number of aromatic hydroxyl groups is 1. The summed E-state index contributed by atoms with van der Waals surface area (Å²) in [5.74, 6) is -1.37. The lowest BCUT2D eigenvalue weighted by molar-refractivity contribution is -0.122. The summed E-state index contributed by atoms with van der Waals surface area (Å²) in [5.41, 5.74) is 1.61. The van der Waals surface area contributed by atoms with Crippen LogP contribution in [0.25, 0.3) is 6.08 Å². The molecule has 0 unspecified atom stereocenters. The van der Waals surface area contributed by atoms with Gasteiger partial charge in [-0.05, 0) is 42.8 Å². The Balaban J connectivity index is 2.01. The summed E-state index contributed by atoms with van der Waals surface area (Å²) >= 11 is 0. The lowest BCUT2D eigenvalue weighted by atomic mass is 10.1. The molecule has 1 aliphatic rings. The smallest absolute Gasteiger partial charge is 0.335 e. The summed E-state index contributed by atoms with van der Waals surface area (Å²) in [6.07, 6.45) is 1.34. The van der Waals surface area contributed by atoms with Crippen LogP contribution in [0.2, 0.25) is 0 Å². The molecule has 0 spiro atoms. The molecule has 2 aromatic carbocycles. The predicted octanol–water partition coefficient (Wildman–Crippen LogP) is 2.38. The second-order valence-electron chi connectivity index (χ2n) is 5.72. The number of phenolic OH excluding ortho intramolecular Hbond substituents is 1. The minimum Gasteiger partial charge on any atom is -0.504 e. The largest absolute Gasteiger partial charge is 0.504 e. The highest BCUT2D eigenvalue weighted by Crippen LogP contribution is 2.28. The van der Waals surface area contributed by atoms with Crippen LogP contribution in [0.3, 0.4) is 0 Å². The molecule has 0 atom stereocenters. The molecule has 0 aliphatic carbocycles. The van der Waals surface area contributed by atoms with Crippen molar-refractivity contribution < 1.29 is 24.2 Å². The van der Waals surface area contributed by atoms with Crippen molar-refractivity contribution in [3.05, 3.63) is 59.2 Å². The molecule has 7 nitrogen and oxygen atoms in total. The third kappa shape index (κ3) is 3.14. The average Bonchev–Trinajstić information content (AvgIpc) is 2.61. The molecule has 1 heterocycles. The quantitative estimate of drug-likeness (QED) is 0.653. The number of aryl methyl sites for hydroxylation is 1. The zero-order chi connectivity index (χ0) is 18.8. The number of phenols is 1. The Bertz CT molecular complexity index is 931. The minimum absolute atomic E-state index is 0.0643. The maximum Gasteiger partial charge on any atom is 0.335 e. The number of ether oxygens (including phenoxy) is 1. The molecule has 4 amide bonds. The van der Waals surface area contributed by atoms with Gasteiger partial charge in [0.1, 0.15) is 5.57 Å². The fraction of sp³-hybridized carbons (Fsp3) is 0.105. The van der Waals surface area contributed by atoms with Gasteiger partial charge < -0.3 is 9.84 Å². The first-order valence-corrected chi connectivity index (χ1v) is 7.76. The van der Waals surface area contributed by atoms with Gasteiger partial charge in [0, 0.05) is 0 Å². The lowest BCUT2D eigenvalue weighted by Gasteiger charge is -2.26. The summed E-state index contributed by atoms with van der Waals surface area (Å²) in [6.45, 7) is 1.88. The van der Waals surface area contributed by atoms with Crippen molar-refractivity contribution in [3.63, 3.8) is 0 Å². The molecule has 0 radical (unpaired) electrons. The molecule has 132 valence electrons. The molecule has 0 saturated carbocycles. The van der Waals surface area contributed by atoms with Crippen molar-refractivity contribution in [2.75, 3.05) is 12.0 Å². The summed E-state index contributed by atoms with van der Waals surface area (Å²) in [4.78, 5) is 37.9. The number of urea groups is 1. The van der Waals surface area contributed by atoms with E-state index in [9.17, 15) is 19.5 Å². The average molecular weight is 352 g/mol. The van der Waals surface area contributed by atoms with Gasteiger partial charge in [0.25, 0.3) is 11.8 Å². The lowest BCUT2D eigenvalue weighted by Crippen LogP contribution is -2.54. The molecule has 1 saturated heterocycles. The number of rotatable bonds is 3. The van der Waals surface area contributed by atoms with E-state index in [1.165, 1.54) is 31.4 Å². The first kappa shape index (κ1) is 17.2. The van der Waals surface area contributed by atoms with Gasteiger partial charge in [0.05, 0.1) is 12.8 Å². The van der Waals surface area contributed by atoms with Crippen molar-refractivity contribution in [1.29, 1.82) is 0 Å². The Labute approximate surface area is 149 Å². The Morgan fingerprint density at radius 1 is 1.08 bits per heavy atom. The SMILES string of the molecule is COc1cc(C=C2C(=O)NC(=O)N(c3ccc(C)cc3)C2=O)ccc1O. The van der Waals surface area contributed by atoms with Crippen molar-refractivity contribution >= 4 is 29.6 Å². The van der Waals surface area contributed by atoms with Gasteiger partial charge in [0.15, 0.2) is 11.5 Å². The van der Waals surface area contributed by atoms with Gasteiger partial charge in [-0.25, -0.2) is 9.69 Å². The molecule has 1 fully saturated rings. The fourth-order valence-corrected chi connectivity index (χ4v) is 2.54. The van der Waals surface area contributed by atoms with E-state index in [-0.39, 0.29) is 17.1 Å². The molecule has 0 bridgehead atoms. The normalized spacial score (nSPS) is 16.0. The predicted molar refractivity (Wildman–Crippen MR) is 94.8 cm³/mol. The summed E-state index contributed by atoms with van der Waals surface area (Å²) in [6, 6.07) is 10.4. The Morgan fingerprint density at radius 3 is 2.42 bits per heavy atom. The van der Waals surface area contributed by atoms with Gasteiger partial charge in [0.2, 0.25) is 0 Å². The van der Waals surface area contributed by atoms with Crippen molar-refractivity contribution in [2.45, 2.75) is 6.92 Å². The third-order valence-electron chi connectivity index (χ3n) is 3.91. The van der Waals surface area contributed by atoms with Crippen LogP contribution in [0.5, 0.6) is 11.5 Å². The number of anilines is 1. The molecule has 7 heteroatoms. The van der Waals surface area contributed by atoms with E-state index in [0.717, 1.165) is 10.5 Å². The number of nitrogens with one attached hydrogen (secondary N) is 1. The second kappa shape index (κ2) is 6.72. The van der Waals surface area contributed by atoms with Gasteiger partial charge in [-0.2, -0.15) is 0 Å². The maximum absolute atomic E-state index is 12.8. The van der Waals surface area contributed by atoms with E-state index in [4.69, 9.17) is 4.74 Å². The molecule has 1 aliphatic heterocycles. The number of amides is 4. The number of hydrogen-bond acceptors (Lipinski definition) is 5. The highest BCUT2D eigenvalue weighted by molar-refractivity contribution is 6.39. The Hall–Kier alpha value is -3.61. The number of imide groups is 2. The van der Waals surface area contributed by atoms with Crippen LogP contribution in [-0.2, 0) is 9.59 Å². The molecular formula is C19H16N2O5. The summed E-state index contributed by atoms with van der Waals surface area (Å²) in [7, 11) is 1.39. The van der Waals surface area contributed by atoms with E-state index in [1.54, 1.807) is 24.3 Å². The van der Waals surface area contributed by atoms with E-state index in [1.807, 2.05) is 6.92 Å². The first-order chi connectivity index (χ1) is 12.4. The molecule has 2 aromatic rings. The number of hydrogen-bond donors (Lipinski definition) is 2. The number of methoxy groups -OCH3 is 1. The summed E-state index contributed by atoms with van der Waals surface area (Å²) in [5, 5.41) is 11.8. The molecule has 26 heavy (non-hydrogen) atoms. The van der Waals surface area contributed by atoms with Crippen LogP contribution >= 0.6 is 0 Å². The van der Waals surface area contributed by atoms with Crippen LogP contribution in [-0.4, -0.2) is 30.1 Å². The number of barbiturate groups is 1. The van der Waals surface area contributed by atoms with Crippen molar-refractivity contribution in [2.24, 2.45) is 0 Å². The highest BCUT2D eigenvalue weighted by atomic mass is 16.5. The van der Waals surface area contributed by atoms with E-state index in [0.29, 0.717) is 11.3 Å². The number of carbonyl (C=O) groups excluding carboxylic acids is 3. The van der Waals surface area contributed by atoms with Crippen LogP contribution in [0.4, 0.5) is 10.5 Å². The van der Waals surface area contributed by atoms with Crippen LogP contribution in [0, 0.1) is 6.92 Å². The molecule has 0 aromatic heterocycles. The van der Waals surface area contributed by atoms with E-state index >= 15 is 0 Å². The second-order valence-corrected chi connectivity index (χ2v) is 5.72.